The Kier molecular flexibility index (Phi) is 4.53. The van der Waals surface area contributed by atoms with E-state index in [4.69, 9.17) is 15.5 Å². The lowest BCUT2D eigenvalue weighted by Crippen LogP contribution is -2.39. The molecule has 0 spiro atoms. The summed E-state index contributed by atoms with van der Waals surface area (Å²) in [6, 6.07) is 8.86. The number of ether oxygens (including phenoxy) is 1. The SMILES string of the molecule is C=C1OC(C)(C)C(c2ccc(C3CCCCC3)cc2)=N/C1=C(/C)N. The summed E-state index contributed by atoms with van der Waals surface area (Å²) in [7, 11) is 0. The second-order valence-electron chi connectivity index (χ2n) is 7.48. The summed E-state index contributed by atoms with van der Waals surface area (Å²) in [5, 5.41) is 0. The fourth-order valence-electron chi connectivity index (χ4n) is 3.78. The highest BCUT2D eigenvalue weighted by molar-refractivity contribution is 6.07. The Morgan fingerprint density at radius 2 is 1.79 bits per heavy atom. The Hall–Kier alpha value is -2.03. The molecule has 0 amide bonds. The molecular formula is C21H28N2O. The first-order chi connectivity index (χ1) is 11.4. The van der Waals surface area contributed by atoms with Crippen LogP contribution in [0.1, 0.15) is 69.9 Å². The molecule has 0 radical (unpaired) electrons. The van der Waals surface area contributed by atoms with Crippen molar-refractivity contribution in [3.05, 3.63) is 59.1 Å². The summed E-state index contributed by atoms with van der Waals surface area (Å²) < 4.78 is 6.00. The number of hydrogen-bond acceptors (Lipinski definition) is 3. The molecule has 3 nitrogen and oxygen atoms in total. The number of benzene rings is 1. The van der Waals surface area contributed by atoms with Gasteiger partial charge in [-0.05, 0) is 45.1 Å². The van der Waals surface area contributed by atoms with Gasteiger partial charge in [-0.2, -0.15) is 0 Å². The van der Waals surface area contributed by atoms with E-state index in [9.17, 15) is 0 Å². The van der Waals surface area contributed by atoms with Gasteiger partial charge in [0.05, 0.1) is 5.71 Å². The van der Waals surface area contributed by atoms with E-state index in [0.29, 0.717) is 23.1 Å². The van der Waals surface area contributed by atoms with Crippen LogP contribution in [0.2, 0.25) is 0 Å². The van der Waals surface area contributed by atoms with Crippen LogP contribution in [-0.4, -0.2) is 11.3 Å². The highest BCUT2D eigenvalue weighted by Gasteiger charge is 2.34. The summed E-state index contributed by atoms with van der Waals surface area (Å²) in [6.45, 7) is 9.82. The van der Waals surface area contributed by atoms with Gasteiger partial charge in [-0.1, -0.05) is 50.1 Å². The van der Waals surface area contributed by atoms with Crippen molar-refractivity contribution in [3.8, 4) is 0 Å². The predicted octanol–water partition coefficient (Wildman–Crippen LogP) is 5.04. The zero-order valence-corrected chi connectivity index (χ0v) is 15.1. The Balaban J connectivity index is 1.93. The highest BCUT2D eigenvalue weighted by atomic mass is 16.5. The van der Waals surface area contributed by atoms with Gasteiger partial charge in [0.25, 0.3) is 0 Å². The monoisotopic (exact) mass is 324 g/mol. The van der Waals surface area contributed by atoms with E-state index < -0.39 is 5.60 Å². The topological polar surface area (TPSA) is 47.6 Å². The molecule has 2 N–H and O–H groups in total. The van der Waals surface area contributed by atoms with Gasteiger partial charge >= 0.3 is 0 Å². The van der Waals surface area contributed by atoms with Crippen molar-refractivity contribution in [2.45, 2.75) is 64.4 Å². The quantitative estimate of drug-likeness (QED) is 0.829. The molecule has 1 aromatic rings. The minimum absolute atomic E-state index is 0.512. The standard InChI is InChI=1S/C21H28N2O/c1-14(22)19-15(2)24-21(3,4)20(23-19)18-12-10-17(11-13-18)16-8-6-5-7-9-16/h10-13,16H,2,5-9,22H2,1,3-4H3/b19-14-. The molecule has 0 aromatic heterocycles. The second kappa shape index (κ2) is 6.46. The number of nitrogens with two attached hydrogens (primary N) is 1. The molecule has 1 aliphatic carbocycles. The minimum atomic E-state index is -0.512. The van der Waals surface area contributed by atoms with E-state index in [-0.39, 0.29) is 0 Å². The molecule has 1 aliphatic heterocycles. The summed E-state index contributed by atoms with van der Waals surface area (Å²) in [5.41, 5.74) is 10.2. The molecule has 24 heavy (non-hydrogen) atoms. The third-order valence-electron chi connectivity index (χ3n) is 5.07. The van der Waals surface area contributed by atoms with Crippen molar-refractivity contribution in [3.63, 3.8) is 0 Å². The minimum Gasteiger partial charge on any atom is -0.480 e. The van der Waals surface area contributed by atoms with Crippen molar-refractivity contribution < 1.29 is 4.74 Å². The molecule has 2 aliphatic rings. The maximum atomic E-state index is 6.00. The normalized spacial score (nSPS) is 23.5. The van der Waals surface area contributed by atoms with E-state index in [2.05, 4.69) is 30.8 Å². The lowest BCUT2D eigenvalue weighted by atomic mass is 9.83. The molecule has 0 saturated heterocycles. The third-order valence-corrected chi connectivity index (χ3v) is 5.07. The fraction of sp³-hybridized carbons (Fsp3) is 0.476. The van der Waals surface area contributed by atoms with Gasteiger partial charge in [0, 0.05) is 11.3 Å². The van der Waals surface area contributed by atoms with Gasteiger partial charge in [0.15, 0.2) is 0 Å². The van der Waals surface area contributed by atoms with Crippen molar-refractivity contribution in [2.75, 3.05) is 0 Å². The van der Waals surface area contributed by atoms with Crippen molar-refractivity contribution in [2.24, 2.45) is 10.7 Å². The van der Waals surface area contributed by atoms with E-state index >= 15 is 0 Å². The number of nitrogens with zero attached hydrogens (tertiary/aromatic N) is 1. The molecular weight excluding hydrogens is 296 g/mol. The maximum Gasteiger partial charge on any atom is 0.146 e. The first kappa shape index (κ1) is 16.8. The average molecular weight is 324 g/mol. The zero-order chi connectivity index (χ0) is 17.3. The molecule has 1 saturated carbocycles. The molecule has 1 aromatic carbocycles. The van der Waals surface area contributed by atoms with Crippen molar-refractivity contribution in [1.29, 1.82) is 0 Å². The Labute approximate surface area is 145 Å². The third kappa shape index (κ3) is 3.26. The average Bonchev–Trinajstić information content (AvgIpc) is 2.55. The summed E-state index contributed by atoms with van der Waals surface area (Å²) in [5.74, 6) is 1.26. The van der Waals surface area contributed by atoms with Crippen LogP contribution in [0.5, 0.6) is 0 Å². The number of hydrogen-bond donors (Lipinski definition) is 1. The predicted molar refractivity (Wildman–Crippen MR) is 100.0 cm³/mol. The molecule has 1 heterocycles. The first-order valence-corrected chi connectivity index (χ1v) is 8.92. The van der Waals surface area contributed by atoms with Gasteiger partial charge in [-0.3, -0.25) is 0 Å². The smallest absolute Gasteiger partial charge is 0.146 e. The molecule has 3 rings (SSSR count). The lowest BCUT2D eigenvalue weighted by molar-refractivity contribution is 0.0963. The van der Waals surface area contributed by atoms with Crippen molar-refractivity contribution in [1.82, 2.24) is 0 Å². The molecule has 0 atom stereocenters. The second-order valence-corrected chi connectivity index (χ2v) is 7.48. The zero-order valence-electron chi connectivity index (χ0n) is 15.1. The van der Waals surface area contributed by atoms with E-state index in [0.717, 1.165) is 11.3 Å². The van der Waals surface area contributed by atoms with Gasteiger partial charge in [-0.25, -0.2) is 4.99 Å². The van der Waals surface area contributed by atoms with Crippen LogP contribution in [0.4, 0.5) is 0 Å². The molecule has 3 heteroatoms. The Morgan fingerprint density at radius 3 is 2.38 bits per heavy atom. The number of aliphatic imine (C=N–C) groups is 1. The van der Waals surface area contributed by atoms with Crippen LogP contribution < -0.4 is 5.73 Å². The van der Waals surface area contributed by atoms with Crippen LogP contribution in [0.15, 0.2) is 53.0 Å². The molecule has 0 bridgehead atoms. The summed E-state index contributed by atoms with van der Waals surface area (Å²) in [4.78, 5) is 4.77. The van der Waals surface area contributed by atoms with E-state index in [1.165, 1.54) is 37.7 Å². The van der Waals surface area contributed by atoms with Gasteiger partial charge in [-0.15, -0.1) is 0 Å². The van der Waals surface area contributed by atoms with Crippen LogP contribution in [0, 0.1) is 0 Å². The number of rotatable bonds is 2. The summed E-state index contributed by atoms with van der Waals surface area (Å²) >= 11 is 0. The van der Waals surface area contributed by atoms with Crippen LogP contribution in [0.3, 0.4) is 0 Å². The summed E-state index contributed by atoms with van der Waals surface area (Å²) in [6.07, 6.45) is 6.72. The van der Waals surface area contributed by atoms with Crippen molar-refractivity contribution >= 4 is 5.71 Å². The van der Waals surface area contributed by atoms with Gasteiger partial charge < -0.3 is 10.5 Å². The van der Waals surface area contributed by atoms with Gasteiger partial charge in [0.2, 0.25) is 0 Å². The van der Waals surface area contributed by atoms with E-state index in [1.807, 2.05) is 20.8 Å². The van der Waals surface area contributed by atoms with Crippen LogP contribution in [0.25, 0.3) is 0 Å². The van der Waals surface area contributed by atoms with Crippen LogP contribution in [-0.2, 0) is 4.74 Å². The Bertz CT molecular complexity index is 685. The first-order valence-electron chi connectivity index (χ1n) is 8.92. The van der Waals surface area contributed by atoms with E-state index in [1.54, 1.807) is 0 Å². The molecule has 128 valence electrons. The molecule has 0 unspecified atom stereocenters. The lowest BCUT2D eigenvalue weighted by Gasteiger charge is -2.34. The Morgan fingerprint density at radius 1 is 1.17 bits per heavy atom. The highest BCUT2D eigenvalue weighted by Crippen LogP contribution is 2.35. The molecule has 1 fully saturated rings. The fourth-order valence-corrected chi connectivity index (χ4v) is 3.78. The van der Waals surface area contributed by atoms with Crippen LogP contribution >= 0.6 is 0 Å². The number of allylic oxidation sites excluding steroid dienone is 1. The maximum absolute atomic E-state index is 6.00. The largest absolute Gasteiger partial charge is 0.480 e. The van der Waals surface area contributed by atoms with Gasteiger partial charge in [0.1, 0.15) is 17.1 Å².